The first-order valence-electron chi connectivity index (χ1n) is 11.1. The summed E-state index contributed by atoms with van der Waals surface area (Å²) in [6.45, 7) is 0.110. The number of amides is 3. The number of benzene rings is 2. The van der Waals surface area contributed by atoms with Gasteiger partial charge in [0.2, 0.25) is 0 Å². The summed E-state index contributed by atoms with van der Waals surface area (Å²) in [4.78, 5) is 48.3. The molecule has 1 aliphatic rings. The number of halogens is 1. The Morgan fingerprint density at radius 3 is 2.56 bits per heavy atom. The molecule has 3 heterocycles. The van der Waals surface area contributed by atoms with Crippen LogP contribution in [0.4, 0.5) is 9.18 Å². The molecule has 0 spiro atoms. The van der Waals surface area contributed by atoms with E-state index in [0.29, 0.717) is 27.7 Å². The fourth-order valence-corrected chi connectivity index (χ4v) is 4.68. The van der Waals surface area contributed by atoms with Crippen molar-refractivity contribution in [3.8, 4) is 11.3 Å². The quantitative estimate of drug-likeness (QED) is 0.380. The van der Waals surface area contributed by atoms with Crippen LogP contribution in [0, 0.1) is 5.82 Å². The third-order valence-corrected chi connectivity index (χ3v) is 6.51. The predicted octanol–water partition coefficient (Wildman–Crippen LogP) is 4.90. The average Bonchev–Trinajstić information content (AvgIpc) is 3.17. The molecule has 7 nitrogen and oxygen atoms in total. The minimum atomic E-state index is -0.446. The first-order valence-corrected chi connectivity index (χ1v) is 11.9. The van der Waals surface area contributed by atoms with Crippen LogP contribution in [0.1, 0.15) is 15.9 Å². The maximum absolute atomic E-state index is 13.1. The van der Waals surface area contributed by atoms with Gasteiger partial charge >= 0.3 is 0 Å². The van der Waals surface area contributed by atoms with Crippen LogP contribution in [-0.4, -0.2) is 45.0 Å². The highest BCUT2D eigenvalue weighted by Gasteiger charge is 2.34. The molecule has 36 heavy (non-hydrogen) atoms. The lowest BCUT2D eigenvalue weighted by Gasteiger charge is -2.14. The molecular weight excluding hydrogens is 479 g/mol. The van der Waals surface area contributed by atoms with E-state index in [9.17, 15) is 18.8 Å². The number of para-hydroxylation sites is 1. The Balaban J connectivity index is 1.30. The first-order chi connectivity index (χ1) is 17.5. The molecule has 178 valence electrons. The van der Waals surface area contributed by atoms with Crippen LogP contribution in [0.25, 0.3) is 28.2 Å². The van der Waals surface area contributed by atoms with Crippen molar-refractivity contribution in [1.29, 1.82) is 0 Å². The monoisotopic (exact) mass is 498 g/mol. The van der Waals surface area contributed by atoms with Crippen LogP contribution in [-0.2, 0) is 4.79 Å². The van der Waals surface area contributed by atoms with E-state index >= 15 is 0 Å². The lowest BCUT2D eigenvalue weighted by molar-refractivity contribution is -0.122. The SMILES string of the molecule is O=C(NCCN1C(=O)S/C(=C\c2ccc(F)cc2)C1=O)c1cc(-c2ccncc2)nc2ccccc12. The van der Waals surface area contributed by atoms with Crippen LogP contribution in [0.3, 0.4) is 0 Å². The van der Waals surface area contributed by atoms with Crippen molar-refractivity contribution < 1.29 is 18.8 Å². The summed E-state index contributed by atoms with van der Waals surface area (Å²) in [6, 6.07) is 18.3. The van der Waals surface area contributed by atoms with Crippen molar-refractivity contribution in [2.75, 3.05) is 13.1 Å². The highest BCUT2D eigenvalue weighted by Crippen LogP contribution is 2.32. The molecule has 0 saturated carbocycles. The molecular formula is C27H19FN4O3S. The zero-order chi connectivity index (χ0) is 25.1. The molecule has 4 aromatic rings. The normalized spacial score (nSPS) is 14.6. The van der Waals surface area contributed by atoms with Crippen LogP contribution in [0.15, 0.2) is 84.0 Å². The van der Waals surface area contributed by atoms with E-state index < -0.39 is 11.1 Å². The van der Waals surface area contributed by atoms with E-state index in [0.717, 1.165) is 22.2 Å². The molecule has 3 amide bonds. The topological polar surface area (TPSA) is 92.3 Å². The van der Waals surface area contributed by atoms with Gasteiger partial charge in [-0.15, -0.1) is 0 Å². The second-order valence-electron chi connectivity index (χ2n) is 7.95. The zero-order valence-electron chi connectivity index (χ0n) is 18.8. The first kappa shape index (κ1) is 23.4. The van der Waals surface area contributed by atoms with Crippen molar-refractivity contribution in [3.05, 3.63) is 101 Å². The molecule has 0 bridgehead atoms. The van der Waals surface area contributed by atoms with Gasteiger partial charge in [-0.25, -0.2) is 9.37 Å². The molecule has 0 radical (unpaired) electrons. The molecule has 1 N–H and O–H groups in total. The fraction of sp³-hybridized carbons (Fsp3) is 0.0741. The van der Waals surface area contributed by atoms with Crippen molar-refractivity contribution in [1.82, 2.24) is 20.2 Å². The van der Waals surface area contributed by atoms with Gasteiger partial charge in [0.15, 0.2) is 0 Å². The molecule has 1 aliphatic heterocycles. The average molecular weight is 499 g/mol. The highest BCUT2D eigenvalue weighted by atomic mass is 32.2. The summed E-state index contributed by atoms with van der Waals surface area (Å²) in [6.07, 6.45) is 4.87. The Morgan fingerprint density at radius 2 is 1.78 bits per heavy atom. The maximum atomic E-state index is 13.1. The number of hydrogen-bond acceptors (Lipinski definition) is 6. The van der Waals surface area contributed by atoms with Gasteiger partial charge in [0, 0.05) is 36.4 Å². The highest BCUT2D eigenvalue weighted by molar-refractivity contribution is 8.18. The van der Waals surface area contributed by atoms with E-state index in [1.165, 1.54) is 24.3 Å². The number of hydrogen-bond donors (Lipinski definition) is 1. The second-order valence-corrected chi connectivity index (χ2v) is 8.94. The number of carbonyl (C=O) groups excluding carboxylic acids is 3. The Kier molecular flexibility index (Phi) is 6.55. The molecule has 1 fully saturated rings. The Morgan fingerprint density at radius 1 is 1.03 bits per heavy atom. The van der Waals surface area contributed by atoms with Gasteiger partial charge in [-0.05, 0) is 59.8 Å². The lowest BCUT2D eigenvalue weighted by Crippen LogP contribution is -2.37. The van der Waals surface area contributed by atoms with Crippen molar-refractivity contribution in [3.63, 3.8) is 0 Å². The van der Waals surface area contributed by atoms with Gasteiger partial charge in [-0.1, -0.05) is 30.3 Å². The van der Waals surface area contributed by atoms with Gasteiger partial charge in [-0.2, -0.15) is 0 Å². The Bertz CT molecular complexity index is 1510. The summed E-state index contributed by atoms with van der Waals surface area (Å²) in [5, 5.41) is 3.09. The number of imide groups is 1. The van der Waals surface area contributed by atoms with Crippen molar-refractivity contribution in [2.24, 2.45) is 0 Å². The van der Waals surface area contributed by atoms with E-state index in [1.807, 2.05) is 36.4 Å². The van der Waals surface area contributed by atoms with E-state index in [2.05, 4.69) is 15.3 Å². The molecule has 0 atom stereocenters. The van der Waals surface area contributed by atoms with Crippen LogP contribution >= 0.6 is 11.8 Å². The maximum Gasteiger partial charge on any atom is 0.293 e. The summed E-state index contributed by atoms with van der Waals surface area (Å²) in [5.74, 6) is -1.17. The minimum absolute atomic E-state index is 0.0252. The van der Waals surface area contributed by atoms with Crippen molar-refractivity contribution in [2.45, 2.75) is 0 Å². The molecule has 2 aromatic carbocycles. The summed E-state index contributed by atoms with van der Waals surface area (Å²) in [5.41, 5.74) is 3.20. The van der Waals surface area contributed by atoms with E-state index in [-0.39, 0.29) is 29.7 Å². The number of aromatic nitrogens is 2. The summed E-state index contributed by atoms with van der Waals surface area (Å²) < 4.78 is 13.1. The molecule has 1 saturated heterocycles. The number of fused-ring (bicyclic) bond motifs is 1. The van der Waals surface area contributed by atoms with E-state index in [1.54, 1.807) is 24.5 Å². The van der Waals surface area contributed by atoms with Gasteiger partial charge in [0.25, 0.3) is 17.1 Å². The van der Waals surface area contributed by atoms with Crippen LogP contribution < -0.4 is 5.32 Å². The number of nitrogens with zero attached hydrogens (tertiary/aromatic N) is 3. The standard InChI is InChI=1S/C27H19FN4O3S/c28-19-7-5-17(6-8-19)15-24-26(34)32(27(35)36-24)14-13-30-25(33)21-16-23(18-9-11-29-12-10-18)31-22-4-2-1-3-20(21)22/h1-12,15-16H,13-14H2,(H,30,33)/b24-15-. The van der Waals surface area contributed by atoms with E-state index in [4.69, 9.17) is 0 Å². The third-order valence-electron chi connectivity index (χ3n) is 5.60. The third kappa shape index (κ3) is 4.87. The zero-order valence-corrected chi connectivity index (χ0v) is 19.7. The number of rotatable bonds is 6. The molecule has 9 heteroatoms. The van der Waals surface area contributed by atoms with Gasteiger partial charge < -0.3 is 5.32 Å². The molecule has 0 aliphatic carbocycles. The summed E-state index contributed by atoms with van der Waals surface area (Å²) >= 11 is 0.816. The fourth-order valence-electron chi connectivity index (χ4n) is 3.81. The number of nitrogens with one attached hydrogen (secondary N) is 1. The second kappa shape index (κ2) is 10.1. The molecule has 5 rings (SSSR count). The largest absolute Gasteiger partial charge is 0.350 e. The number of carbonyl (C=O) groups is 3. The molecule has 2 aromatic heterocycles. The lowest BCUT2D eigenvalue weighted by atomic mass is 10.0. The summed E-state index contributed by atoms with van der Waals surface area (Å²) in [7, 11) is 0. The smallest absolute Gasteiger partial charge is 0.293 e. The van der Waals surface area contributed by atoms with Crippen molar-refractivity contribution >= 4 is 45.8 Å². The van der Waals surface area contributed by atoms with Gasteiger partial charge in [0.1, 0.15) is 5.82 Å². The number of thioether (sulfide) groups is 1. The number of pyridine rings is 2. The van der Waals surface area contributed by atoms with Crippen LogP contribution in [0.5, 0.6) is 0 Å². The van der Waals surface area contributed by atoms with Gasteiger partial charge in [-0.3, -0.25) is 24.3 Å². The Hall–Kier alpha value is -4.37. The molecule has 0 unspecified atom stereocenters. The minimum Gasteiger partial charge on any atom is -0.350 e. The predicted molar refractivity (Wildman–Crippen MR) is 136 cm³/mol. The Labute approximate surface area is 210 Å². The van der Waals surface area contributed by atoms with Crippen LogP contribution in [0.2, 0.25) is 0 Å². The van der Waals surface area contributed by atoms with Gasteiger partial charge in [0.05, 0.1) is 21.7 Å².